The highest BCUT2D eigenvalue weighted by molar-refractivity contribution is 9.10. The second-order valence-electron chi connectivity index (χ2n) is 4.27. The maximum atomic E-state index is 11.7. The van der Waals surface area contributed by atoms with Crippen molar-refractivity contribution in [2.45, 2.75) is 24.6 Å². The Bertz CT molecular complexity index is 391. The second-order valence-corrected chi connectivity index (χ2v) is 7.47. The van der Waals surface area contributed by atoms with E-state index in [1.807, 2.05) is 11.4 Å². The molecule has 1 aliphatic heterocycles. The van der Waals surface area contributed by atoms with E-state index in [0.717, 1.165) is 17.6 Å². The third-order valence-corrected chi connectivity index (χ3v) is 5.89. The maximum Gasteiger partial charge on any atom is 0.230 e. The van der Waals surface area contributed by atoms with E-state index < -0.39 is 0 Å². The lowest BCUT2D eigenvalue weighted by Crippen LogP contribution is -2.31. The number of rotatable bonds is 5. The quantitative estimate of drug-likeness (QED) is 0.859. The first-order valence-corrected chi connectivity index (χ1v) is 8.78. The molecule has 2 N–H and O–H groups in total. The van der Waals surface area contributed by atoms with Crippen molar-refractivity contribution in [3.05, 3.63) is 20.8 Å². The summed E-state index contributed by atoms with van der Waals surface area (Å²) in [5.74, 6) is 0.722. The summed E-state index contributed by atoms with van der Waals surface area (Å²) in [7, 11) is 0. The molecular weight excluding hydrogens is 332 g/mol. The highest BCUT2D eigenvalue weighted by Gasteiger charge is 2.14. The lowest BCUT2D eigenvalue weighted by molar-refractivity contribution is -0.118. The Hall–Kier alpha value is -0.0400. The third-order valence-electron chi connectivity index (χ3n) is 2.82. The highest BCUT2D eigenvalue weighted by atomic mass is 79.9. The largest absolute Gasteiger partial charge is 0.350 e. The summed E-state index contributed by atoms with van der Waals surface area (Å²) < 4.78 is 1.08. The molecule has 0 saturated carbocycles. The van der Waals surface area contributed by atoms with Crippen LogP contribution in [0.3, 0.4) is 0 Å². The van der Waals surface area contributed by atoms with Gasteiger partial charge in [0.1, 0.15) is 0 Å². The summed E-state index contributed by atoms with van der Waals surface area (Å²) in [5, 5.41) is 8.98. The van der Waals surface area contributed by atoms with Crippen molar-refractivity contribution in [2.24, 2.45) is 0 Å². The fraction of sp³-hybridized carbons (Fsp3) is 0.583. The molecule has 2 rings (SSSR count). The third kappa shape index (κ3) is 4.91. The SMILES string of the molecule is O=C(CSC1CCNCC1)NCc1cc(Br)cs1. The fourth-order valence-electron chi connectivity index (χ4n) is 1.84. The zero-order valence-electron chi connectivity index (χ0n) is 10.1. The predicted molar refractivity (Wildman–Crippen MR) is 82.2 cm³/mol. The molecular formula is C12H17BrN2OS2. The molecule has 100 valence electrons. The van der Waals surface area contributed by atoms with Crippen molar-refractivity contribution in [1.82, 2.24) is 10.6 Å². The minimum absolute atomic E-state index is 0.142. The normalized spacial score (nSPS) is 16.7. The van der Waals surface area contributed by atoms with E-state index in [4.69, 9.17) is 0 Å². The predicted octanol–water partition coefficient (Wildman–Crippen LogP) is 2.61. The van der Waals surface area contributed by atoms with E-state index in [2.05, 4.69) is 26.6 Å². The number of piperidine rings is 1. The van der Waals surface area contributed by atoms with E-state index in [9.17, 15) is 4.79 Å². The first-order chi connectivity index (χ1) is 8.74. The Morgan fingerprint density at radius 2 is 2.33 bits per heavy atom. The van der Waals surface area contributed by atoms with Crippen LogP contribution in [0.1, 0.15) is 17.7 Å². The van der Waals surface area contributed by atoms with Crippen LogP contribution in [0.5, 0.6) is 0 Å². The van der Waals surface area contributed by atoms with Gasteiger partial charge in [-0.2, -0.15) is 0 Å². The van der Waals surface area contributed by atoms with E-state index in [1.54, 1.807) is 23.1 Å². The Kier molecular flexibility index (Phi) is 6.01. The molecule has 2 heterocycles. The van der Waals surface area contributed by atoms with Gasteiger partial charge >= 0.3 is 0 Å². The van der Waals surface area contributed by atoms with Gasteiger partial charge in [-0.15, -0.1) is 23.1 Å². The van der Waals surface area contributed by atoms with Crippen LogP contribution >= 0.6 is 39.0 Å². The summed E-state index contributed by atoms with van der Waals surface area (Å²) in [6.07, 6.45) is 2.35. The number of carbonyl (C=O) groups excluding carboxylic acids is 1. The summed E-state index contributed by atoms with van der Waals surface area (Å²) in [4.78, 5) is 12.9. The second kappa shape index (κ2) is 7.53. The number of thiophene rings is 1. The lowest BCUT2D eigenvalue weighted by atomic mass is 10.2. The average Bonchev–Trinajstić information content (AvgIpc) is 2.81. The molecule has 1 saturated heterocycles. The molecule has 1 fully saturated rings. The smallest absolute Gasteiger partial charge is 0.230 e. The first kappa shape index (κ1) is 14.4. The van der Waals surface area contributed by atoms with Crippen molar-refractivity contribution in [1.29, 1.82) is 0 Å². The molecule has 0 atom stereocenters. The Balaban J connectivity index is 1.62. The van der Waals surface area contributed by atoms with Gasteiger partial charge in [-0.25, -0.2) is 0 Å². The van der Waals surface area contributed by atoms with Gasteiger partial charge in [-0.05, 0) is 47.9 Å². The van der Waals surface area contributed by atoms with Gasteiger partial charge in [0.15, 0.2) is 0 Å². The van der Waals surface area contributed by atoms with Crippen molar-refractivity contribution in [3.63, 3.8) is 0 Å². The monoisotopic (exact) mass is 348 g/mol. The number of amides is 1. The van der Waals surface area contributed by atoms with Crippen molar-refractivity contribution < 1.29 is 4.79 Å². The van der Waals surface area contributed by atoms with Crippen LogP contribution in [-0.2, 0) is 11.3 Å². The van der Waals surface area contributed by atoms with Crippen LogP contribution in [0.4, 0.5) is 0 Å². The summed E-state index contributed by atoms with van der Waals surface area (Å²) in [6, 6.07) is 2.05. The van der Waals surface area contributed by atoms with Gasteiger partial charge < -0.3 is 10.6 Å². The molecule has 1 aliphatic rings. The molecule has 1 aromatic rings. The van der Waals surface area contributed by atoms with Crippen LogP contribution in [0.2, 0.25) is 0 Å². The van der Waals surface area contributed by atoms with E-state index in [0.29, 0.717) is 17.5 Å². The molecule has 18 heavy (non-hydrogen) atoms. The molecule has 0 aromatic carbocycles. The number of thioether (sulfide) groups is 1. The van der Waals surface area contributed by atoms with Gasteiger partial charge in [0.05, 0.1) is 12.3 Å². The zero-order valence-corrected chi connectivity index (χ0v) is 13.3. The summed E-state index contributed by atoms with van der Waals surface area (Å²) >= 11 is 6.86. The average molecular weight is 349 g/mol. The molecule has 0 spiro atoms. The zero-order chi connectivity index (χ0) is 12.8. The summed E-state index contributed by atoms with van der Waals surface area (Å²) in [5.41, 5.74) is 0. The van der Waals surface area contributed by atoms with Crippen molar-refractivity contribution in [3.8, 4) is 0 Å². The summed E-state index contributed by atoms with van der Waals surface area (Å²) in [6.45, 7) is 2.81. The van der Waals surface area contributed by atoms with Gasteiger partial charge in [0, 0.05) is 20.0 Å². The Morgan fingerprint density at radius 3 is 3.00 bits per heavy atom. The van der Waals surface area contributed by atoms with Gasteiger partial charge in [-0.1, -0.05) is 0 Å². The lowest BCUT2D eigenvalue weighted by Gasteiger charge is -2.21. The number of nitrogens with one attached hydrogen (secondary N) is 2. The minimum atomic E-state index is 0.142. The Morgan fingerprint density at radius 1 is 1.56 bits per heavy atom. The number of carbonyl (C=O) groups is 1. The van der Waals surface area contributed by atoms with Crippen molar-refractivity contribution in [2.75, 3.05) is 18.8 Å². The van der Waals surface area contributed by atoms with Gasteiger partial charge in [0.25, 0.3) is 0 Å². The standard InChI is InChI=1S/C12H17BrN2OS2/c13-9-5-11(17-7-9)6-15-12(16)8-18-10-1-3-14-4-2-10/h5,7,10,14H,1-4,6,8H2,(H,15,16). The van der Waals surface area contributed by atoms with Gasteiger partial charge in [0.2, 0.25) is 5.91 Å². The number of hydrogen-bond acceptors (Lipinski definition) is 4. The molecule has 0 unspecified atom stereocenters. The molecule has 0 radical (unpaired) electrons. The Labute approximate surface area is 124 Å². The number of hydrogen-bond donors (Lipinski definition) is 2. The molecule has 0 bridgehead atoms. The van der Waals surface area contributed by atoms with Gasteiger partial charge in [-0.3, -0.25) is 4.79 Å². The van der Waals surface area contributed by atoms with E-state index in [-0.39, 0.29) is 5.91 Å². The van der Waals surface area contributed by atoms with E-state index >= 15 is 0 Å². The van der Waals surface area contributed by atoms with Crippen LogP contribution in [0.25, 0.3) is 0 Å². The molecule has 1 amide bonds. The maximum absolute atomic E-state index is 11.7. The fourth-order valence-corrected chi connectivity index (χ4v) is 4.29. The van der Waals surface area contributed by atoms with E-state index in [1.165, 1.54) is 17.7 Å². The minimum Gasteiger partial charge on any atom is -0.350 e. The molecule has 1 aromatic heterocycles. The van der Waals surface area contributed by atoms with Crippen LogP contribution in [-0.4, -0.2) is 30.0 Å². The highest BCUT2D eigenvalue weighted by Crippen LogP contribution is 2.21. The number of halogens is 1. The molecule has 0 aliphatic carbocycles. The molecule has 6 heteroatoms. The van der Waals surface area contributed by atoms with Crippen LogP contribution in [0.15, 0.2) is 15.9 Å². The topological polar surface area (TPSA) is 41.1 Å². The first-order valence-electron chi connectivity index (χ1n) is 6.06. The van der Waals surface area contributed by atoms with Crippen LogP contribution in [0, 0.1) is 0 Å². The molecule has 3 nitrogen and oxygen atoms in total. The van der Waals surface area contributed by atoms with Crippen molar-refractivity contribution >= 4 is 44.9 Å². The van der Waals surface area contributed by atoms with Crippen LogP contribution < -0.4 is 10.6 Å².